The Balaban J connectivity index is 2.96. The molecule has 1 amide bonds. The van der Waals surface area contributed by atoms with E-state index in [0.717, 1.165) is 0 Å². The van der Waals surface area contributed by atoms with Crippen LogP contribution >= 0.6 is 15.9 Å². The molecule has 0 saturated heterocycles. The lowest BCUT2D eigenvalue weighted by Gasteiger charge is -2.11. The summed E-state index contributed by atoms with van der Waals surface area (Å²) in [5.74, 6) is -0.000122. The Morgan fingerprint density at radius 1 is 1.36 bits per heavy atom. The van der Waals surface area contributed by atoms with Crippen molar-refractivity contribution in [3.63, 3.8) is 0 Å². The maximum atomic E-state index is 12.1. The number of carbonyl (C=O) groups excluding carboxylic acids is 1. The molecule has 8 heteroatoms. The van der Waals surface area contributed by atoms with Crippen molar-refractivity contribution in [3.05, 3.63) is 28.2 Å². The fourth-order valence-corrected chi connectivity index (χ4v) is 3.06. The highest BCUT2D eigenvalue weighted by atomic mass is 79.9. The molecule has 0 radical (unpaired) electrons. The van der Waals surface area contributed by atoms with Gasteiger partial charge < -0.3 is 10.1 Å². The molecule has 22 heavy (non-hydrogen) atoms. The third-order valence-corrected chi connectivity index (χ3v) is 4.91. The van der Waals surface area contributed by atoms with Crippen LogP contribution < -0.4 is 10.0 Å². The van der Waals surface area contributed by atoms with E-state index in [9.17, 15) is 13.2 Å². The molecule has 6 nitrogen and oxygen atoms in total. The number of hydrogen-bond donors (Lipinski definition) is 2. The van der Waals surface area contributed by atoms with Gasteiger partial charge in [-0.2, -0.15) is 0 Å². The second kappa shape index (κ2) is 8.61. The highest BCUT2D eigenvalue weighted by Gasteiger charge is 2.18. The Hall–Kier alpha value is -0.960. The molecular formula is C14H21BrN2O4S. The van der Waals surface area contributed by atoms with Crippen LogP contribution in [0.15, 0.2) is 27.6 Å². The van der Waals surface area contributed by atoms with Crippen molar-refractivity contribution in [2.75, 3.05) is 26.8 Å². The summed E-state index contributed by atoms with van der Waals surface area (Å²) in [7, 11) is -2.18. The van der Waals surface area contributed by atoms with Crippen LogP contribution in [0.2, 0.25) is 0 Å². The average molecular weight is 393 g/mol. The third kappa shape index (κ3) is 5.68. The zero-order valence-electron chi connectivity index (χ0n) is 12.8. The molecule has 0 heterocycles. The molecule has 0 aliphatic carbocycles. The van der Waals surface area contributed by atoms with Crippen molar-refractivity contribution in [2.45, 2.75) is 18.7 Å². The number of nitrogens with one attached hydrogen (secondary N) is 2. The maximum absolute atomic E-state index is 12.1. The fourth-order valence-electron chi connectivity index (χ4n) is 1.60. The molecule has 0 aromatic heterocycles. The minimum atomic E-state index is -3.67. The van der Waals surface area contributed by atoms with Gasteiger partial charge in [-0.05, 0) is 40.0 Å². The van der Waals surface area contributed by atoms with Gasteiger partial charge in [-0.15, -0.1) is 0 Å². The first kappa shape index (κ1) is 19.1. The second-order valence-electron chi connectivity index (χ2n) is 5.14. The highest BCUT2D eigenvalue weighted by Crippen LogP contribution is 2.21. The smallest absolute Gasteiger partial charge is 0.252 e. The van der Waals surface area contributed by atoms with Crippen LogP contribution in [-0.4, -0.2) is 41.1 Å². The molecule has 0 aliphatic rings. The van der Waals surface area contributed by atoms with E-state index in [1.54, 1.807) is 6.07 Å². The number of amides is 1. The van der Waals surface area contributed by atoms with Crippen molar-refractivity contribution < 1.29 is 17.9 Å². The normalized spacial score (nSPS) is 11.7. The van der Waals surface area contributed by atoms with E-state index in [0.29, 0.717) is 16.9 Å². The van der Waals surface area contributed by atoms with Gasteiger partial charge in [-0.1, -0.05) is 13.8 Å². The van der Waals surface area contributed by atoms with E-state index in [1.807, 2.05) is 13.8 Å². The quantitative estimate of drug-likeness (QED) is 0.660. The summed E-state index contributed by atoms with van der Waals surface area (Å²) >= 11 is 3.27. The number of halogens is 1. The Bertz CT molecular complexity index is 617. The molecule has 1 rings (SSSR count). The van der Waals surface area contributed by atoms with Crippen LogP contribution in [0.25, 0.3) is 0 Å². The van der Waals surface area contributed by atoms with Crippen LogP contribution in [0.4, 0.5) is 0 Å². The molecule has 2 N–H and O–H groups in total. The van der Waals surface area contributed by atoms with Gasteiger partial charge in [-0.3, -0.25) is 4.79 Å². The molecule has 0 aliphatic heterocycles. The summed E-state index contributed by atoms with van der Waals surface area (Å²) < 4.78 is 32.1. The number of rotatable bonds is 8. The summed E-state index contributed by atoms with van der Waals surface area (Å²) in [6.45, 7) is 4.93. The van der Waals surface area contributed by atoms with Gasteiger partial charge in [-0.25, -0.2) is 13.1 Å². The molecule has 0 fully saturated rings. The lowest BCUT2D eigenvalue weighted by Crippen LogP contribution is -2.29. The van der Waals surface area contributed by atoms with Gasteiger partial charge in [0.25, 0.3) is 5.91 Å². The molecule has 0 spiro atoms. The first-order valence-electron chi connectivity index (χ1n) is 6.84. The second-order valence-corrected chi connectivity index (χ2v) is 7.76. The zero-order valence-corrected chi connectivity index (χ0v) is 15.3. The summed E-state index contributed by atoms with van der Waals surface area (Å²) in [5.41, 5.74) is 0.287. The number of ether oxygens (including phenoxy) is 1. The van der Waals surface area contributed by atoms with E-state index >= 15 is 0 Å². The zero-order chi connectivity index (χ0) is 16.8. The Labute approximate surface area is 139 Å². The van der Waals surface area contributed by atoms with Crippen LogP contribution in [0.1, 0.15) is 24.2 Å². The summed E-state index contributed by atoms with van der Waals surface area (Å²) in [5, 5.41) is 2.77. The molecule has 0 unspecified atom stereocenters. The minimum Gasteiger partial charge on any atom is -0.383 e. The van der Waals surface area contributed by atoms with E-state index in [1.165, 1.54) is 19.2 Å². The predicted octanol–water partition coefficient (Wildman–Crippen LogP) is 1.76. The summed E-state index contributed by atoms with van der Waals surface area (Å²) in [4.78, 5) is 12.2. The molecule has 0 saturated carbocycles. The molecule has 1 aromatic carbocycles. The Morgan fingerprint density at radius 2 is 2.05 bits per heavy atom. The lowest BCUT2D eigenvalue weighted by molar-refractivity contribution is 0.0948. The van der Waals surface area contributed by atoms with Gasteiger partial charge in [0.1, 0.15) is 0 Å². The largest absolute Gasteiger partial charge is 0.383 e. The number of benzene rings is 1. The number of hydrogen-bond acceptors (Lipinski definition) is 4. The van der Waals surface area contributed by atoms with Crippen molar-refractivity contribution in [3.8, 4) is 0 Å². The van der Waals surface area contributed by atoms with E-state index in [4.69, 9.17) is 4.74 Å². The molecule has 1 aromatic rings. The van der Waals surface area contributed by atoms with Crippen LogP contribution in [-0.2, 0) is 14.8 Å². The summed E-state index contributed by atoms with van der Waals surface area (Å²) in [6, 6.07) is 4.35. The highest BCUT2D eigenvalue weighted by molar-refractivity contribution is 9.10. The third-order valence-electron chi connectivity index (χ3n) is 2.76. The molecule has 124 valence electrons. The van der Waals surface area contributed by atoms with Crippen LogP contribution in [0, 0.1) is 5.92 Å². The van der Waals surface area contributed by atoms with E-state index in [2.05, 4.69) is 26.0 Å². The van der Waals surface area contributed by atoms with Crippen molar-refractivity contribution in [1.29, 1.82) is 0 Å². The van der Waals surface area contributed by atoms with Crippen molar-refractivity contribution in [2.24, 2.45) is 5.92 Å². The average Bonchev–Trinajstić information content (AvgIpc) is 2.45. The topological polar surface area (TPSA) is 84.5 Å². The first-order valence-corrected chi connectivity index (χ1v) is 9.12. The van der Waals surface area contributed by atoms with Crippen LogP contribution in [0.5, 0.6) is 0 Å². The molecule has 0 bridgehead atoms. The SMILES string of the molecule is COCCNS(=O)(=O)c1ccc(Br)c(C(=O)NCC(C)C)c1. The lowest BCUT2D eigenvalue weighted by atomic mass is 10.2. The Morgan fingerprint density at radius 3 is 2.64 bits per heavy atom. The summed E-state index contributed by atoms with van der Waals surface area (Å²) in [6.07, 6.45) is 0. The fraction of sp³-hybridized carbons (Fsp3) is 0.500. The Kier molecular flexibility index (Phi) is 7.47. The van der Waals surface area contributed by atoms with Crippen molar-refractivity contribution in [1.82, 2.24) is 10.0 Å². The molecule has 0 atom stereocenters. The van der Waals surface area contributed by atoms with Gasteiger partial charge >= 0.3 is 0 Å². The number of sulfonamides is 1. The van der Waals surface area contributed by atoms with E-state index in [-0.39, 0.29) is 29.5 Å². The predicted molar refractivity (Wildman–Crippen MR) is 88.4 cm³/mol. The standard InChI is InChI=1S/C14H21BrN2O4S/c1-10(2)9-16-14(18)12-8-11(4-5-13(12)15)22(19,20)17-6-7-21-3/h4-5,8,10,17H,6-7,9H2,1-3H3,(H,16,18). The molecular weight excluding hydrogens is 372 g/mol. The van der Waals surface area contributed by atoms with Gasteiger partial charge in [0.15, 0.2) is 0 Å². The minimum absolute atomic E-state index is 0.0431. The maximum Gasteiger partial charge on any atom is 0.252 e. The number of carbonyl (C=O) groups is 1. The van der Waals surface area contributed by atoms with Crippen LogP contribution in [0.3, 0.4) is 0 Å². The van der Waals surface area contributed by atoms with Gasteiger partial charge in [0.2, 0.25) is 10.0 Å². The van der Waals surface area contributed by atoms with Gasteiger partial charge in [0.05, 0.1) is 17.1 Å². The monoisotopic (exact) mass is 392 g/mol. The van der Waals surface area contributed by atoms with E-state index < -0.39 is 10.0 Å². The van der Waals surface area contributed by atoms with Gasteiger partial charge in [0, 0.05) is 24.7 Å². The first-order chi connectivity index (χ1) is 10.3. The van der Waals surface area contributed by atoms with Crippen molar-refractivity contribution >= 4 is 31.9 Å². The number of methoxy groups -OCH3 is 1.